The van der Waals surface area contributed by atoms with E-state index in [1.54, 1.807) is 0 Å². The van der Waals surface area contributed by atoms with Crippen LogP contribution >= 0.6 is 22.9 Å². The first-order valence-corrected chi connectivity index (χ1v) is 5.78. The van der Waals surface area contributed by atoms with Crippen molar-refractivity contribution in [2.75, 3.05) is 0 Å². The summed E-state index contributed by atoms with van der Waals surface area (Å²) < 4.78 is 0. The van der Waals surface area contributed by atoms with Crippen LogP contribution in [0.25, 0.3) is 0 Å². The van der Waals surface area contributed by atoms with Gasteiger partial charge in [-0.3, -0.25) is 0 Å². The van der Waals surface area contributed by atoms with Crippen molar-refractivity contribution in [3.63, 3.8) is 0 Å². The van der Waals surface area contributed by atoms with Crippen molar-refractivity contribution in [2.24, 2.45) is 5.92 Å². The zero-order valence-corrected chi connectivity index (χ0v) is 8.74. The average molecular weight is 201 g/mol. The van der Waals surface area contributed by atoms with E-state index >= 15 is 0 Å². The third-order valence-electron chi connectivity index (χ3n) is 2.87. The molecular weight excluding hydrogens is 188 g/mol. The minimum atomic E-state index is 0.400. The van der Waals surface area contributed by atoms with E-state index in [1.165, 1.54) is 17.7 Å². The quantitative estimate of drug-likeness (QED) is 0.604. The van der Waals surface area contributed by atoms with Gasteiger partial charge in [0, 0.05) is 10.3 Å². The minimum absolute atomic E-state index is 0.400. The summed E-state index contributed by atoms with van der Waals surface area (Å²) in [5.74, 6) is 1.39. The molecule has 66 valence electrons. The zero-order valence-electron chi connectivity index (χ0n) is 7.16. The molecule has 0 bridgehead atoms. The first kappa shape index (κ1) is 8.58. The normalized spacial score (nSPS) is 35.7. The molecule has 0 aromatic carbocycles. The molecular formula is C10H13ClS. The maximum atomic E-state index is 6.18. The molecule has 3 atom stereocenters. The van der Waals surface area contributed by atoms with Gasteiger partial charge in [0.25, 0.3) is 0 Å². The molecule has 0 N–H and O–H groups in total. The van der Waals surface area contributed by atoms with Gasteiger partial charge in [0.05, 0.1) is 0 Å². The van der Waals surface area contributed by atoms with E-state index in [9.17, 15) is 0 Å². The van der Waals surface area contributed by atoms with Crippen LogP contribution in [0.2, 0.25) is 0 Å². The first-order valence-electron chi connectivity index (χ1n) is 4.46. The molecule has 1 aromatic heterocycles. The zero-order chi connectivity index (χ0) is 8.55. The number of halogens is 1. The Kier molecular flexibility index (Phi) is 2.42. The third-order valence-corrected chi connectivity index (χ3v) is 4.49. The summed E-state index contributed by atoms with van der Waals surface area (Å²) in [5.41, 5.74) is 0. The van der Waals surface area contributed by atoms with Gasteiger partial charge in [-0.05, 0) is 36.1 Å². The van der Waals surface area contributed by atoms with Crippen LogP contribution < -0.4 is 0 Å². The molecule has 0 spiro atoms. The molecule has 1 aromatic rings. The fourth-order valence-corrected chi connectivity index (χ4v) is 3.30. The fourth-order valence-electron chi connectivity index (χ4n) is 2.02. The molecule has 1 fully saturated rings. The van der Waals surface area contributed by atoms with Gasteiger partial charge >= 0.3 is 0 Å². The number of rotatable bonds is 1. The second-order valence-electron chi connectivity index (χ2n) is 3.57. The van der Waals surface area contributed by atoms with Crippen LogP contribution in [-0.4, -0.2) is 5.38 Å². The van der Waals surface area contributed by atoms with Crippen molar-refractivity contribution in [3.8, 4) is 0 Å². The maximum absolute atomic E-state index is 6.18. The Morgan fingerprint density at radius 1 is 1.50 bits per heavy atom. The van der Waals surface area contributed by atoms with Gasteiger partial charge < -0.3 is 0 Å². The van der Waals surface area contributed by atoms with Gasteiger partial charge in [0.2, 0.25) is 0 Å². The Morgan fingerprint density at radius 3 is 2.83 bits per heavy atom. The fraction of sp³-hybridized carbons (Fsp3) is 0.600. The molecule has 0 saturated heterocycles. The van der Waals surface area contributed by atoms with Crippen LogP contribution in [-0.2, 0) is 0 Å². The summed E-state index contributed by atoms with van der Waals surface area (Å²) in [6.07, 6.45) is 2.46. The van der Waals surface area contributed by atoms with Crippen molar-refractivity contribution in [1.82, 2.24) is 0 Å². The van der Waals surface area contributed by atoms with Gasteiger partial charge in [0.1, 0.15) is 0 Å². The van der Waals surface area contributed by atoms with Crippen molar-refractivity contribution in [1.29, 1.82) is 0 Å². The lowest BCUT2D eigenvalue weighted by Gasteiger charge is -2.14. The second kappa shape index (κ2) is 3.39. The smallest absolute Gasteiger partial charge is 0.0368 e. The molecule has 0 amide bonds. The monoisotopic (exact) mass is 200 g/mol. The Balaban J connectivity index is 2.16. The third kappa shape index (κ3) is 1.40. The molecule has 0 radical (unpaired) electrons. The Labute approximate surface area is 82.6 Å². The first-order chi connectivity index (χ1) is 5.79. The van der Waals surface area contributed by atoms with Gasteiger partial charge in [-0.25, -0.2) is 0 Å². The lowest BCUT2D eigenvalue weighted by Crippen LogP contribution is -2.08. The summed E-state index contributed by atoms with van der Waals surface area (Å²) >= 11 is 8.05. The van der Waals surface area contributed by atoms with Gasteiger partial charge in [-0.15, -0.1) is 22.9 Å². The van der Waals surface area contributed by atoms with E-state index in [2.05, 4.69) is 24.4 Å². The summed E-state index contributed by atoms with van der Waals surface area (Å²) in [7, 11) is 0. The van der Waals surface area contributed by atoms with Gasteiger partial charge in [0.15, 0.2) is 0 Å². The van der Waals surface area contributed by atoms with E-state index in [0.29, 0.717) is 11.3 Å². The van der Waals surface area contributed by atoms with Crippen molar-refractivity contribution in [3.05, 3.63) is 22.4 Å². The molecule has 0 aliphatic heterocycles. The van der Waals surface area contributed by atoms with E-state index in [-0.39, 0.29) is 0 Å². The molecule has 1 heterocycles. The van der Waals surface area contributed by atoms with Crippen molar-refractivity contribution in [2.45, 2.75) is 31.1 Å². The number of alkyl halides is 1. The average Bonchev–Trinajstić information content (AvgIpc) is 2.64. The lowest BCUT2D eigenvalue weighted by molar-refractivity contribution is 0.545. The molecule has 2 rings (SSSR count). The topological polar surface area (TPSA) is 0 Å². The van der Waals surface area contributed by atoms with Crippen LogP contribution in [0.1, 0.15) is 30.6 Å². The van der Waals surface area contributed by atoms with Gasteiger partial charge in [-0.2, -0.15) is 0 Å². The van der Waals surface area contributed by atoms with E-state index in [1.807, 2.05) is 11.3 Å². The highest BCUT2D eigenvalue weighted by molar-refractivity contribution is 7.10. The number of hydrogen-bond donors (Lipinski definition) is 0. The lowest BCUT2D eigenvalue weighted by atomic mass is 9.96. The van der Waals surface area contributed by atoms with Crippen LogP contribution in [0.3, 0.4) is 0 Å². The molecule has 1 aliphatic carbocycles. The van der Waals surface area contributed by atoms with Crippen molar-refractivity contribution >= 4 is 22.9 Å². The van der Waals surface area contributed by atoms with Crippen LogP contribution in [0, 0.1) is 5.92 Å². The van der Waals surface area contributed by atoms with Crippen LogP contribution in [0.15, 0.2) is 17.5 Å². The van der Waals surface area contributed by atoms with Gasteiger partial charge in [-0.1, -0.05) is 13.0 Å². The minimum Gasteiger partial charge on any atom is -0.149 e. The summed E-state index contributed by atoms with van der Waals surface area (Å²) in [6.45, 7) is 2.27. The summed E-state index contributed by atoms with van der Waals surface area (Å²) in [5, 5.41) is 2.56. The number of thiophene rings is 1. The highest BCUT2D eigenvalue weighted by Gasteiger charge is 2.32. The van der Waals surface area contributed by atoms with E-state index < -0.39 is 0 Å². The second-order valence-corrected chi connectivity index (χ2v) is 5.11. The van der Waals surface area contributed by atoms with Crippen LogP contribution in [0.5, 0.6) is 0 Å². The number of hydrogen-bond acceptors (Lipinski definition) is 1. The Hall–Kier alpha value is -0.0100. The largest absolute Gasteiger partial charge is 0.149 e. The predicted molar refractivity (Wildman–Crippen MR) is 55.1 cm³/mol. The molecule has 1 saturated carbocycles. The molecule has 12 heavy (non-hydrogen) atoms. The molecule has 3 unspecified atom stereocenters. The van der Waals surface area contributed by atoms with Crippen molar-refractivity contribution < 1.29 is 0 Å². The molecule has 2 heteroatoms. The maximum Gasteiger partial charge on any atom is 0.0368 e. The Bertz CT molecular complexity index is 242. The summed E-state index contributed by atoms with van der Waals surface area (Å²) in [6, 6.07) is 4.37. The van der Waals surface area contributed by atoms with Crippen LogP contribution in [0.4, 0.5) is 0 Å². The SMILES string of the molecule is CC1C(Cl)CCC1c1cccs1. The standard InChI is InChI=1S/C10H13ClS/c1-7-8(4-5-9(7)11)10-3-2-6-12-10/h2-3,6-9H,4-5H2,1H3. The predicted octanol–water partition coefficient (Wildman–Crippen LogP) is 3.87. The van der Waals surface area contributed by atoms with E-state index in [0.717, 1.165) is 5.92 Å². The highest BCUT2D eigenvalue weighted by atomic mass is 35.5. The summed E-state index contributed by atoms with van der Waals surface area (Å²) in [4.78, 5) is 1.52. The molecule has 0 nitrogen and oxygen atoms in total. The highest BCUT2D eigenvalue weighted by Crippen LogP contribution is 2.43. The molecule has 1 aliphatic rings. The van der Waals surface area contributed by atoms with E-state index in [4.69, 9.17) is 11.6 Å². The Morgan fingerprint density at radius 2 is 2.33 bits per heavy atom.